The van der Waals surface area contributed by atoms with Crippen molar-refractivity contribution in [1.29, 1.82) is 0 Å². The second-order valence-electron chi connectivity index (χ2n) is 7.76. The first-order chi connectivity index (χ1) is 15.5. The molecule has 0 spiro atoms. The summed E-state index contributed by atoms with van der Waals surface area (Å²) in [5, 5.41) is 2.01. The van der Waals surface area contributed by atoms with Crippen LogP contribution in [-0.4, -0.2) is 12.1 Å². The van der Waals surface area contributed by atoms with E-state index in [2.05, 4.69) is 11.8 Å². The number of hydrogen-bond acceptors (Lipinski definition) is 3. The van der Waals surface area contributed by atoms with E-state index in [4.69, 9.17) is 9.47 Å². The predicted octanol–water partition coefficient (Wildman–Crippen LogP) is 6.88. The van der Waals surface area contributed by atoms with Gasteiger partial charge in [-0.05, 0) is 91.2 Å². The highest BCUT2D eigenvalue weighted by Crippen LogP contribution is 2.26. The number of fused-ring (bicyclic) bond motifs is 1. The first-order valence-corrected chi connectivity index (χ1v) is 10.6. The molecule has 0 aliphatic carbocycles. The van der Waals surface area contributed by atoms with E-state index in [1.165, 1.54) is 0 Å². The minimum Gasteiger partial charge on any atom is -0.491 e. The predicted molar refractivity (Wildman–Crippen MR) is 129 cm³/mol. The maximum Gasteiger partial charge on any atom is 0.343 e. The third-order valence-electron chi connectivity index (χ3n) is 4.97. The summed E-state index contributed by atoms with van der Waals surface area (Å²) in [6, 6.07) is 26.9. The molecule has 0 saturated heterocycles. The van der Waals surface area contributed by atoms with Crippen molar-refractivity contribution >= 4 is 16.7 Å². The smallest absolute Gasteiger partial charge is 0.343 e. The monoisotopic (exact) mass is 420 g/mol. The fraction of sp³-hybridized carbons (Fsp3) is 0.138. The van der Waals surface area contributed by atoms with Crippen LogP contribution in [0.2, 0.25) is 0 Å². The SMILES string of the molecule is CC#Cc1ccc2cc(C(=O)Oc3ccc(-c4ccc(OC(C)C)cc4)cc3)ccc2c1. The van der Waals surface area contributed by atoms with Gasteiger partial charge in [-0.1, -0.05) is 42.3 Å². The Hall–Kier alpha value is -4.03. The largest absolute Gasteiger partial charge is 0.491 e. The van der Waals surface area contributed by atoms with E-state index in [9.17, 15) is 4.79 Å². The zero-order valence-corrected chi connectivity index (χ0v) is 18.4. The van der Waals surface area contributed by atoms with Gasteiger partial charge in [0.2, 0.25) is 0 Å². The maximum atomic E-state index is 12.6. The summed E-state index contributed by atoms with van der Waals surface area (Å²) in [4.78, 5) is 12.6. The molecule has 3 heteroatoms. The topological polar surface area (TPSA) is 35.5 Å². The maximum absolute atomic E-state index is 12.6. The molecular weight excluding hydrogens is 396 g/mol. The van der Waals surface area contributed by atoms with Crippen molar-refractivity contribution in [2.45, 2.75) is 26.9 Å². The Labute approximate surface area is 188 Å². The van der Waals surface area contributed by atoms with Crippen molar-refractivity contribution in [1.82, 2.24) is 0 Å². The number of hydrogen-bond donors (Lipinski definition) is 0. The third kappa shape index (κ3) is 4.99. The molecule has 4 rings (SSSR count). The first-order valence-electron chi connectivity index (χ1n) is 10.6. The minimum atomic E-state index is -0.382. The quantitative estimate of drug-likeness (QED) is 0.200. The molecule has 0 N–H and O–H groups in total. The van der Waals surface area contributed by atoms with Gasteiger partial charge in [-0.25, -0.2) is 4.79 Å². The summed E-state index contributed by atoms with van der Waals surface area (Å²) in [6.07, 6.45) is 0.144. The molecule has 0 amide bonds. The van der Waals surface area contributed by atoms with Gasteiger partial charge in [-0.3, -0.25) is 0 Å². The number of carbonyl (C=O) groups excluding carboxylic acids is 1. The van der Waals surface area contributed by atoms with E-state index in [-0.39, 0.29) is 12.1 Å². The number of benzene rings is 4. The molecule has 0 fully saturated rings. The van der Waals surface area contributed by atoms with Crippen molar-refractivity contribution in [3.63, 3.8) is 0 Å². The Morgan fingerprint density at radius 2 is 1.34 bits per heavy atom. The average molecular weight is 421 g/mol. The molecule has 4 aromatic carbocycles. The van der Waals surface area contributed by atoms with Crippen LogP contribution in [0, 0.1) is 11.8 Å². The molecule has 0 atom stereocenters. The molecule has 0 unspecified atom stereocenters. The standard InChI is InChI=1S/C29H24O3/c1-4-5-21-6-7-25-19-26(9-8-24(25)18-21)29(30)32-28-16-12-23(13-17-28)22-10-14-27(15-11-22)31-20(2)3/h6-20H,1-3H3. The second-order valence-corrected chi connectivity index (χ2v) is 7.76. The molecule has 0 bridgehead atoms. The lowest BCUT2D eigenvalue weighted by Gasteiger charge is -2.10. The van der Waals surface area contributed by atoms with Crippen LogP contribution in [0.15, 0.2) is 84.9 Å². The number of esters is 1. The van der Waals surface area contributed by atoms with Crippen molar-refractivity contribution in [2.75, 3.05) is 0 Å². The molecule has 0 radical (unpaired) electrons. The van der Waals surface area contributed by atoms with Crippen LogP contribution < -0.4 is 9.47 Å². The van der Waals surface area contributed by atoms with Gasteiger partial charge in [0.25, 0.3) is 0 Å². The molecular formula is C29H24O3. The van der Waals surface area contributed by atoms with Gasteiger partial charge < -0.3 is 9.47 Å². The summed E-state index contributed by atoms with van der Waals surface area (Å²) in [5.41, 5.74) is 3.58. The van der Waals surface area contributed by atoms with Gasteiger partial charge in [0.05, 0.1) is 11.7 Å². The highest BCUT2D eigenvalue weighted by Gasteiger charge is 2.10. The Morgan fingerprint density at radius 3 is 1.97 bits per heavy atom. The second kappa shape index (κ2) is 9.41. The Morgan fingerprint density at radius 1 is 0.750 bits per heavy atom. The molecule has 0 saturated carbocycles. The van der Waals surface area contributed by atoms with E-state index >= 15 is 0 Å². The first kappa shape index (κ1) is 21.2. The van der Waals surface area contributed by atoms with Gasteiger partial charge in [0, 0.05) is 5.56 Å². The zero-order valence-electron chi connectivity index (χ0n) is 18.4. The Bertz CT molecular complexity index is 1300. The summed E-state index contributed by atoms with van der Waals surface area (Å²) < 4.78 is 11.3. The van der Waals surface area contributed by atoms with Crippen LogP contribution in [0.5, 0.6) is 11.5 Å². The highest BCUT2D eigenvalue weighted by atomic mass is 16.5. The van der Waals surface area contributed by atoms with Gasteiger partial charge >= 0.3 is 5.97 Å². The number of ether oxygens (including phenoxy) is 2. The van der Waals surface area contributed by atoms with Crippen molar-refractivity contribution in [3.8, 4) is 34.5 Å². The molecule has 0 aliphatic heterocycles. The van der Waals surface area contributed by atoms with E-state index in [0.29, 0.717) is 11.3 Å². The van der Waals surface area contributed by atoms with Crippen molar-refractivity contribution in [2.24, 2.45) is 0 Å². The lowest BCUT2D eigenvalue weighted by atomic mass is 10.0. The molecule has 0 aromatic heterocycles. The molecule has 4 aromatic rings. The lowest BCUT2D eigenvalue weighted by molar-refractivity contribution is 0.0735. The molecule has 0 heterocycles. The van der Waals surface area contributed by atoms with Crippen LogP contribution in [0.25, 0.3) is 21.9 Å². The summed E-state index contributed by atoms with van der Waals surface area (Å²) in [6.45, 7) is 5.82. The average Bonchev–Trinajstić information content (AvgIpc) is 2.79. The molecule has 3 nitrogen and oxygen atoms in total. The van der Waals surface area contributed by atoms with Crippen molar-refractivity contribution in [3.05, 3.63) is 96.1 Å². The normalized spacial score (nSPS) is 10.5. The van der Waals surface area contributed by atoms with Crippen LogP contribution >= 0.6 is 0 Å². The van der Waals surface area contributed by atoms with Gasteiger partial charge in [0.15, 0.2) is 0 Å². The fourth-order valence-electron chi connectivity index (χ4n) is 3.47. The zero-order chi connectivity index (χ0) is 22.5. The van der Waals surface area contributed by atoms with Gasteiger partial charge in [-0.2, -0.15) is 0 Å². The Kier molecular flexibility index (Phi) is 6.24. The number of rotatable bonds is 5. The van der Waals surface area contributed by atoms with Gasteiger partial charge in [-0.15, -0.1) is 5.92 Å². The lowest BCUT2D eigenvalue weighted by Crippen LogP contribution is -2.08. The molecule has 32 heavy (non-hydrogen) atoms. The van der Waals surface area contributed by atoms with Crippen LogP contribution in [0.1, 0.15) is 36.7 Å². The summed E-state index contributed by atoms with van der Waals surface area (Å²) >= 11 is 0. The van der Waals surface area contributed by atoms with E-state index in [0.717, 1.165) is 33.2 Å². The summed E-state index contributed by atoms with van der Waals surface area (Å²) in [7, 11) is 0. The molecule has 0 aliphatic rings. The fourth-order valence-corrected chi connectivity index (χ4v) is 3.47. The summed E-state index contributed by atoms with van der Waals surface area (Å²) in [5.74, 6) is 6.92. The van der Waals surface area contributed by atoms with E-state index < -0.39 is 0 Å². The van der Waals surface area contributed by atoms with Crippen LogP contribution in [-0.2, 0) is 0 Å². The van der Waals surface area contributed by atoms with Crippen LogP contribution in [0.4, 0.5) is 0 Å². The minimum absolute atomic E-state index is 0.144. The van der Waals surface area contributed by atoms with Gasteiger partial charge in [0.1, 0.15) is 11.5 Å². The molecule has 158 valence electrons. The van der Waals surface area contributed by atoms with E-state index in [1.54, 1.807) is 6.07 Å². The highest BCUT2D eigenvalue weighted by molar-refractivity contribution is 5.96. The van der Waals surface area contributed by atoms with Crippen molar-refractivity contribution < 1.29 is 14.3 Å². The third-order valence-corrected chi connectivity index (χ3v) is 4.97. The Balaban J connectivity index is 1.46. The number of carbonyl (C=O) groups is 1. The van der Waals surface area contributed by atoms with Crippen LogP contribution in [0.3, 0.4) is 0 Å². The van der Waals surface area contributed by atoms with E-state index in [1.807, 2.05) is 99.6 Å².